The number of piperazine rings is 1. The third-order valence-electron chi connectivity index (χ3n) is 5.89. The molecule has 3 aromatic rings. The smallest absolute Gasteiger partial charge is 0.275 e. The molecular formula is C22H24N4O3. The second-order valence-corrected chi connectivity index (χ2v) is 7.70. The molecule has 2 fully saturated rings. The van der Waals surface area contributed by atoms with Gasteiger partial charge in [0.25, 0.3) is 5.91 Å². The number of carbonyl (C=O) groups is 1. The van der Waals surface area contributed by atoms with Crippen LogP contribution in [0.25, 0.3) is 10.8 Å². The molecule has 1 amide bonds. The van der Waals surface area contributed by atoms with Crippen molar-refractivity contribution in [2.24, 2.45) is 0 Å². The molecule has 29 heavy (non-hydrogen) atoms. The van der Waals surface area contributed by atoms with Crippen LogP contribution >= 0.6 is 0 Å². The summed E-state index contributed by atoms with van der Waals surface area (Å²) in [5.41, 5.74) is 0.356. The van der Waals surface area contributed by atoms with E-state index in [1.807, 2.05) is 29.2 Å². The highest BCUT2D eigenvalue weighted by atomic mass is 16.5. The molecule has 0 radical (unpaired) electrons. The maximum atomic E-state index is 12.9. The van der Waals surface area contributed by atoms with Gasteiger partial charge in [0.2, 0.25) is 5.89 Å². The molecule has 0 N–H and O–H groups in total. The number of oxazole rings is 1. The van der Waals surface area contributed by atoms with Crippen molar-refractivity contribution < 1.29 is 13.9 Å². The van der Waals surface area contributed by atoms with Gasteiger partial charge in [0, 0.05) is 48.8 Å². The van der Waals surface area contributed by atoms with Crippen molar-refractivity contribution in [1.29, 1.82) is 0 Å². The van der Waals surface area contributed by atoms with Gasteiger partial charge in [0.05, 0.1) is 0 Å². The van der Waals surface area contributed by atoms with Crippen LogP contribution in [-0.4, -0.2) is 57.9 Å². The van der Waals surface area contributed by atoms with Crippen molar-refractivity contribution in [3.8, 4) is 5.75 Å². The highest BCUT2D eigenvalue weighted by Gasteiger charge is 2.32. The van der Waals surface area contributed by atoms with Crippen LogP contribution in [0.15, 0.2) is 47.3 Å². The van der Waals surface area contributed by atoms with Crippen LogP contribution < -0.4 is 4.74 Å². The van der Waals surface area contributed by atoms with Gasteiger partial charge in [-0.25, -0.2) is 4.98 Å². The van der Waals surface area contributed by atoms with Gasteiger partial charge in [-0.05, 0) is 31.5 Å². The Labute approximate surface area is 169 Å². The molecule has 0 spiro atoms. The Morgan fingerprint density at radius 2 is 2.17 bits per heavy atom. The minimum Gasteiger partial charge on any atom is -0.483 e. The SMILES string of the molecule is O=C(c1coc(COc2cccc3cnccc23)n1)N1CCN2CCCC[C@@H]2C1. The Bertz CT molecular complexity index is 1010. The summed E-state index contributed by atoms with van der Waals surface area (Å²) in [5, 5.41) is 1.99. The lowest BCUT2D eigenvalue weighted by Crippen LogP contribution is -2.56. The fourth-order valence-corrected chi connectivity index (χ4v) is 4.34. The summed E-state index contributed by atoms with van der Waals surface area (Å²) in [4.78, 5) is 25.8. The number of nitrogens with zero attached hydrogens (tertiary/aromatic N) is 4. The van der Waals surface area contributed by atoms with Gasteiger partial charge >= 0.3 is 0 Å². The number of ether oxygens (including phenoxy) is 1. The summed E-state index contributed by atoms with van der Waals surface area (Å²) in [5.74, 6) is 1.08. The summed E-state index contributed by atoms with van der Waals surface area (Å²) in [6.45, 7) is 3.80. The Morgan fingerprint density at radius 1 is 1.21 bits per heavy atom. The van der Waals surface area contributed by atoms with E-state index in [4.69, 9.17) is 9.15 Å². The van der Waals surface area contributed by atoms with Crippen LogP contribution in [0, 0.1) is 0 Å². The highest BCUT2D eigenvalue weighted by molar-refractivity contribution is 5.92. The first-order valence-electron chi connectivity index (χ1n) is 10.2. The van der Waals surface area contributed by atoms with Gasteiger partial charge in [-0.3, -0.25) is 14.7 Å². The van der Waals surface area contributed by atoms with E-state index in [0.29, 0.717) is 17.6 Å². The quantitative estimate of drug-likeness (QED) is 0.679. The van der Waals surface area contributed by atoms with Gasteiger partial charge in [0.15, 0.2) is 12.3 Å². The van der Waals surface area contributed by atoms with Crippen LogP contribution in [-0.2, 0) is 6.61 Å². The predicted molar refractivity (Wildman–Crippen MR) is 108 cm³/mol. The second kappa shape index (κ2) is 7.83. The van der Waals surface area contributed by atoms with Gasteiger partial charge in [-0.1, -0.05) is 18.6 Å². The number of aromatic nitrogens is 2. The Balaban J connectivity index is 1.24. The Hall–Kier alpha value is -2.93. The molecule has 0 saturated carbocycles. The summed E-state index contributed by atoms with van der Waals surface area (Å²) in [7, 11) is 0. The number of carbonyl (C=O) groups excluding carboxylic acids is 1. The van der Waals surface area contributed by atoms with Gasteiger partial charge in [-0.2, -0.15) is 0 Å². The molecule has 7 nitrogen and oxygen atoms in total. The summed E-state index contributed by atoms with van der Waals surface area (Å²) in [6.07, 6.45) is 8.67. The maximum absolute atomic E-state index is 12.9. The second-order valence-electron chi connectivity index (χ2n) is 7.70. The number of amides is 1. The van der Waals surface area contributed by atoms with Crippen molar-refractivity contribution >= 4 is 16.7 Å². The zero-order valence-corrected chi connectivity index (χ0v) is 16.3. The van der Waals surface area contributed by atoms with E-state index in [-0.39, 0.29) is 12.5 Å². The molecule has 1 aromatic carbocycles. The van der Waals surface area contributed by atoms with Crippen LogP contribution in [0.1, 0.15) is 35.6 Å². The number of hydrogen-bond acceptors (Lipinski definition) is 6. The van der Waals surface area contributed by atoms with E-state index >= 15 is 0 Å². The lowest BCUT2D eigenvalue weighted by Gasteiger charge is -2.43. The van der Waals surface area contributed by atoms with Gasteiger partial charge in [-0.15, -0.1) is 0 Å². The molecular weight excluding hydrogens is 368 g/mol. The molecule has 1 atom stereocenters. The predicted octanol–water partition coefficient (Wildman–Crippen LogP) is 3.11. The minimum atomic E-state index is -0.0542. The van der Waals surface area contributed by atoms with E-state index in [2.05, 4.69) is 14.9 Å². The first-order chi connectivity index (χ1) is 14.3. The number of rotatable bonds is 4. The van der Waals surface area contributed by atoms with Crippen molar-refractivity contribution in [2.75, 3.05) is 26.2 Å². The maximum Gasteiger partial charge on any atom is 0.275 e. The molecule has 2 aliphatic heterocycles. The number of fused-ring (bicyclic) bond motifs is 2. The number of piperidine rings is 1. The normalized spacial score (nSPS) is 19.9. The summed E-state index contributed by atoms with van der Waals surface area (Å²) in [6, 6.07) is 8.22. The Kier molecular flexibility index (Phi) is 4.89. The molecule has 4 heterocycles. The van der Waals surface area contributed by atoms with E-state index in [9.17, 15) is 4.79 Å². The van der Waals surface area contributed by atoms with Crippen LogP contribution in [0.3, 0.4) is 0 Å². The monoisotopic (exact) mass is 392 g/mol. The lowest BCUT2D eigenvalue weighted by atomic mass is 9.99. The van der Waals surface area contributed by atoms with E-state index < -0.39 is 0 Å². The zero-order chi connectivity index (χ0) is 19.6. The third-order valence-corrected chi connectivity index (χ3v) is 5.89. The highest BCUT2D eigenvalue weighted by Crippen LogP contribution is 2.25. The number of pyridine rings is 1. The average Bonchev–Trinajstić information content (AvgIpc) is 3.26. The minimum absolute atomic E-state index is 0.0542. The fraction of sp³-hybridized carbons (Fsp3) is 0.409. The molecule has 150 valence electrons. The van der Waals surface area contributed by atoms with Crippen LogP contribution in [0.4, 0.5) is 0 Å². The molecule has 2 aromatic heterocycles. The number of hydrogen-bond donors (Lipinski definition) is 0. The third kappa shape index (κ3) is 3.70. The molecule has 2 aliphatic rings. The summed E-state index contributed by atoms with van der Waals surface area (Å²) < 4.78 is 11.4. The molecule has 0 bridgehead atoms. The topological polar surface area (TPSA) is 71.7 Å². The molecule has 5 rings (SSSR count). The Morgan fingerprint density at radius 3 is 3.14 bits per heavy atom. The fourth-order valence-electron chi connectivity index (χ4n) is 4.34. The van der Waals surface area contributed by atoms with Crippen molar-refractivity contribution in [1.82, 2.24) is 19.8 Å². The van der Waals surface area contributed by atoms with E-state index in [1.165, 1.54) is 25.5 Å². The van der Waals surface area contributed by atoms with E-state index in [0.717, 1.165) is 42.7 Å². The summed E-state index contributed by atoms with van der Waals surface area (Å²) >= 11 is 0. The van der Waals surface area contributed by atoms with Crippen LogP contribution in [0.5, 0.6) is 5.75 Å². The van der Waals surface area contributed by atoms with Gasteiger partial charge < -0.3 is 14.1 Å². The molecule has 0 unspecified atom stereocenters. The molecule has 2 saturated heterocycles. The first kappa shape index (κ1) is 18.1. The molecule has 7 heteroatoms. The lowest BCUT2D eigenvalue weighted by molar-refractivity contribution is 0.0368. The zero-order valence-electron chi connectivity index (χ0n) is 16.3. The number of benzene rings is 1. The largest absolute Gasteiger partial charge is 0.483 e. The average molecular weight is 392 g/mol. The van der Waals surface area contributed by atoms with E-state index in [1.54, 1.807) is 12.4 Å². The van der Waals surface area contributed by atoms with Crippen LogP contribution in [0.2, 0.25) is 0 Å². The first-order valence-corrected chi connectivity index (χ1v) is 10.2. The van der Waals surface area contributed by atoms with Gasteiger partial charge in [0.1, 0.15) is 12.0 Å². The van der Waals surface area contributed by atoms with Crippen molar-refractivity contribution in [3.63, 3.8) is 0 Å². The van der Waals surface area contributed by atoms with Crippen molar-refractivity contribution in [2.45, 2.75) is 31.9 Å². The van der Waals surface area contributed by atoms with Crippen molar-refractivity contribution in [3.05, 3.63) is 54.5 Å². The molecule has 0 aliphatic carbocycles. The standard InChI is InChI=1S/C22H24N4O3/c27-22(26-11-10-25-9-2-1-5-17(25)13-26)19-14-29-21(24-19)15-28-20-6-3-4-16-12-23-8-7-18(16)20/h3-4,6-8,12,14,17H,1-2,5,9-11,13,15H2/t17-/m1/s1.